The zero-order valence-electron chi connectivity index (χ0n) is 22.0. The lowest BCUT2D eigenvalue weighted by Gasteiger charge is -2.47. The highest BCUT2D eigenvalue weighted by Crippen LogP contribution is 2.49. The van der Waals surface area contributed by atoms with E-state index in [1.54, 1.807) is 17.0 Å². The maximum absolute atomic E-state index is 12.8. The molecule has 2 aliphatic rings. The molecule has 36 heavy (non-hydrogen) atoms. The van der Waals surface area contributed by atoms with E-state index in [9.17, 15) is 14.7 Å². The third kappa shape index (κ3) is 5.45. The molecule has 1 atom stereocenters. The van der Waals surface area contributed by atoms with Crippen LogP contribution in [0, 0.1) is 0 Å². The van der Waals surface area contributed by atoms with E-state index in [1.807, 2.05) is 69.9 Å². The molecule has 7 heteroatoms. The average Bonchev–Trinajstić information content (AvgIpc) is 2.84. The van der Waals surface area contributed by atoms with Crippen molar-refractivity contribution in [1.29, 1.82) is 0 Å². The molecule has 1 fully saturated rings. The van der Waals surface area contributed by atoms with Crippen molar-refractivity contribution < 1.29 is 24.2 Å². The molecular formula is C29H38N2O5. The van der Waals surface area contributed by atoms with Crippen LogP contribution in [-0.2, 0) is 4.74 Å². The minimum absolute atomic E-state index is 0.00605. The normalized spacial score (nSPS) is 18.8. The number of likely N-dealkylation sites (tertiary alicyclic amines) is 1. The topological polar surface area (TPSA) is 79.3 Å². The van der Waals surface area contributed by atoms with Crippen LogP contribution in [-0.4, -0.2) is 64.3 Å². The van der Waals surface area contributed by atoms with Gasteiger partial charge in [0.25, 0.3) is 5.91 Å². The number of hydrogen-bond acceptors (Lipinski definition) is 5. The molecule has 1 unspecified atom stereocenters. The molecule has 2 aromatic rings. The van der Waals surface area contributed by atoms with Crippen molar-refractivity contribution in [3.8, 4) is 11.5 Å². The second kappa shape index (κ2) is 10.0. The number of benzene rings is 2. The Morgan fingerprint density at radius 2 is 1.72 bits per heavy atom. The molecule has 7 nitrogen and oxygen atoms in total. The molecular weight excluding hydrogens is 456 g/mol. The van der Waals surface area contributed by atoms with Gasteiger partial charge in [-0.2, -0.15) is 0 Å². The zero-order chi connectivity index (χ0) is 26.1. The van der Waals surface area contributed by atoms with Crippen LogP contribution in [0.25, 0.3) is 0 Å². The number of amides is 2. The molecule has 0 radical (unpaired) electrons. The van der Waals surface area contributed by atoms with Crippen LogP contribution in [0.5, 0.6) is 11.5 Å². The minimum atomic E-state index is -0.529. The van der Waals surface area contributed by atoms with E-state index in [0.717, 1.165) is 23.3 Å². The van der Waals surface area contributed by atoms with Crippen molar-refractivity contribution >= 4 is 12.0 Å². The summed E-state index contributed by atoms with van der Waals surface area (Å²) in [7, 11) is 0. The zero-order valence-corrected chi connectivity index (χ0v) is 22.0. The highest BCUT2D eigenvalue weighted by molar-refractivity contribution is 5.94. The number of carbonyl (C=O) groups excluding carboxylic acids is 2. The molecule has 0 bridgehead atoms. The molecule has 2 aliphatic heterocycles. The van der Waals surface area contributed by atoms with Crippen molar-refractivity contribution in [1.82, 2.24) is 9.80 Å². The molecule has 4 rings (SSSR count). The third-order valence-corrected chi connectivity index (χ3v) is 7.21. The van der Waals surface area contributed by atoms with Crippen LogP contribution < -0.4 is 4.74 Å². The lowest BCUT2D eigenvalue weighted by Crippen LogP contribution is -2.52. The van der Waals surface area contributed by atoms with Gasteiger partial charge in [0.2, 0.25) is 0 Å². The van der Waals surface area contributed by atoms with Gasteiger partial charge in [0.15, 0.2) is 0 Å². The SMILES string of the molecule is CCN(CC)C(=O)c1ccc(C2CC3(CCN(C(=O)OC(C)(C)C)CC3)Oc3ccc(O)cc32)cc1. The van der Waals surface area contributed by atoms with Gasteiger partial charge < -0.3 is 24.4 Å². The summed E-state index contributed by atoms with van der Waals surface area (Å²) in [5.74, 6) is 0.999. The molecule has 1 N–H and O–H groups in total. The summed E-state index contributed by atoms with van der Waals surface area (Å²) in [6.07, 6.45) is 1.83. The summed E-state index contributed by atoms with van der Waals surface area (Å²) >= 11 is 0. The predicted octanol–water partition coefficient (Wildman–Crippen LogP) is 5.56. The van der Waals surface area contributed by atoms with Crippen molar-refractivity contribution in [3.63, 3.8) is 0 Å². The summed E-state index contributed by atoms with van der Waals surface area (Å²) in [5.41, 5.74) is 1.75. The molecule has 2 aromatic carbocycles. The quantitative estimate of drug-likeness (QED) is 0.602. The molecule has 0 saturated carbocycles. The molecule has 1 saturated heterocycles. The van der Waals surface area contributed by atoms with Crippen LogP contribution in [0.1, 0.15) is 81.3 Å². The number of aromatic hydroxyl groups is 1. The standard InChI is InChI=1S/C29H38N2O5/c1-6-30(7-2)26(33)21-10-8-20(9-11-21)24-19-29(35-25-13-12-22(32)18-23(24)25)14-16-31(17-15-29)27(34)36-28(3,4)5/h8-13,18,24,32H,6-7,14-17,19H2,1-5H3. The lowest BCUT2D eigenvalue weighted by atomic mass is 9.74. The number of ether oxygens (including phenoxy) is 2. The van der Waals surface area contributed by atoms with Gasteiger partial charge in [0, 0.05) is 56.1 Å². The van der Waals surface area contributed by atoms with Crippen molar-refractivity contribution in [2.45, 2.75) is 71.0 Å². The van der Waals surface area contributed by atoms with E-state index >= 15 is 0 Å². The Morgan fingerprint density at radius 1 is 1.08 bits per heavy atom. The number of carbonyl (C=O) groups is 2. The van der Waals surface area contributed by atoms with Crippen LogP contribution in [0.15, 0.2) is 42.5 Å². The van der Waals surface area contributed by atoms with Gasteiger partial charge in [0.1, 0.15) is 22.7 Å². The average molecular weight is 495 g/mol. The maximum Gasteiger partial charge on any atom is 0.410 e. The van der Waals surface area contributed by atoms with Gasteiger partial charge in [-0.25, -0.2) is 4.79 Å². The second-order valence-electron chi connectivity index (χ2n) is 10.8. The number of fused-ring (bicyclic) bond motifs is 1. The Bertz CT molecular complexity index is 1090. The monoisotopic (exact) mass is 494 g/mol. The summed E-state index contributed by atoms with van der Waals surface area (Å²) in [5, 5.41) is 10.2. The summed E-state index contributed by atoms with van der Waals surface area (Å²) in [6, 6.07) is 13.1. The number of rotatable bonds is 4. The predicted molar refractivity (Wildman–Crippen MR) is 139 cm³/mol. The van der Waals surface area contributed by atoms with Gasteiger partial charge in [0.05, 0.1) is 0 Å². The largest absolute Gasteiger partial charge is 0.508 e. The molecule has 2 heterocycles. The van der Waals surface area contributed by atoms with Gasteiger partial charge in [-0.15, -0.1) is 0 Å². The van der Waals surface area contributed by atoms with Crippen LogP contribution >= 0.6 is 0 Å². The van der Waals surface area contributed by atoms with E-state index in [-0.39, 0.29) is 23.7 Å². The molecule has 1 spiro atoms. The van der Waals surface area contributed by atoms with E-state index < -0.39 is 11.2 Å². The Kier molecular flexibility index (Phi) is 7.21. The summed E-state index contributed by atoms with van der Waals surface area (Å²) in [4.78, 5) is 28.9. The number of phenolic OH excluding ortho intramolecular Hbond substituents is 1. The first kappa shape index (κ1) is 25.9. The number of phenols is 1. The van der Waals surface area contributed by atoms with E-state index in [0.29, 0.717) is 44.6 Å². The van der Waals surface area contributed by atoms with Gasteiger partial charge in [-0.3, -0.25) is 4.79 Å². The first-order valence-corrected chi connectivity index (χ1v) is 12.9. The van der Waals surface area contributed by atoms with E-state index in [1.165, 1.54) is 0 Å². The molecule has 0 aliphatic carbocycles. The fraction of sp³-hybridized carbons (Fsp3) is 0.517. The van der Waals surface area contributed by atoms with Gasteiger partial charge >= 0.3 is 6.09 Å². The number of hydrogen-bond donors (Lipinski definition) is 1. The smallest absolute Gasteiger partial charge is 0.410 e. The maximum atomic E-state index is 12.8. The minimum Gasteiger partial charge on any atom is -0.508 e. The van der Waals surface area contributed by atoms with Crippen LogP contribution in [0.3, 0.4) is 0 Å². The van der Waals surface area contributed by atoms with Crippen molar-refractivity contribution in [3.05, 3.63) is 59.2 Å². The lowest BCUT2D eigenvalue weighted by molar-refractivity contribution is -0.0302. The van der Waals surface area contributed by atoms with Crippen molar-refractivity contribution in [2.75, 3.05) is 26.2 Å². The summed E-state index contributed by atoms with van der Waals surface area (Å²) in [6.45, 7) is 12.1. The highest BCUT2D eigenvalue weighted by atomic mass is 16.6. The highest BCUT2D eigenvalue weighted by Gasteiger charge is 2.45. The Morgan fingerprint density at radius 3 is 2.31 bits per heavy atom. The van der Waals surface area contributed by atoms with Crippen LogP contribution in [0.2, 0.25) is 0 Å². The summed E-state index contributed by atoms with van der Waals surface area (Å²) < 4.78 is 12.1. The number of nitrogens with zero attached hydrogens (tertiary/aromatic N) is 2. The van der Waals surface area contributed by atoms with E-state index in [2.05, 4.69) is 0 Å². The third-order valence-electron chi connectivity index (χ3n) is 7.21. The first-order valence-electron chi connectivity index (χ1n) is 12.9. The van der Waals surface area contributed by atoms with Gasteiger partial charge in [-0.1, -0.05) is 12.1 Å². The Labute approximate surface area is 214 Å². The van der Waals surface area contributed by atoms with Crippen molar-refractivity contribution in [2.24, 2.45) is 0 Å². The Hall–Kier alpha value is -3.22. The Balaban J connectivity index is 1.57. The molecule has 0 aromatic heterocycles. The first-order chi connectivity index (χ1) is 17.0. The fourth-order valence-corrected chi connectivity index (χ4v) is 5.24. The van der Waals surface area contributed by atoms with Crippen LogP contribution in [0.4, 0.5) is 4.79 Å². The number of piperidine rings is 1. The second-order valence-corrected chi connectivity index (χ2v) is 10.8. The fourth-order valence-electron chi connectivity index (χ4n) is 5.24. The van der Waals surface area contributed by atoms with E-state index in [4.69, 9.17) is 9.47 Å². The molecule has 2 amide bonds. The molecule has 194 valence electrons. The van der Waals surface area contributed by atoms with Gasteiger partial charge in [-0.05, 0) is 76.9 Å².